The van der Waals surface area contributed by atoms with E-state index in [4.69, 9.17) is 0 Å². The van der Waals surface area contributed by atoms with Gasteiger partial charge in [0.05, 0.1) is 0 Å². The van der Waals surface area contributed by atoms with Gasteiger partial charge in [0.15, 0.2) is 0 Å². The maximum atomic E-state index is 3.54. The van der Waals surface area contributed by atoms with Gasteiger partial charge in [-0.1, -0.05) is 0 Å². The van der Waals surface area contributed by atoms with Crippen molar-refractivity contribution in [2.24, 2.45) is 11.8 Å². The van der Waals surface area contributed by atoms with Crippen LogP contribution in [-0.2, 0) is 0 Å². The third-order valence-corrected chi connectivity index (χ3v) is 5.95. The molecule has 17 heavy (non-hydrogen) atoms. The summed E-state index contributed by atoms with van der Waals surface area (Å²) in [6, 6.07) is 3.57. The van der Waals surface area contributed by atoms with Gasteiger partial charge in [-0.15, -0.1) is 11.3 Å². The number of likely N-dealkylation sites (tertiary alicyclic amines) is 1. The molecule has 1 aromatic heterocycles. The van der Waals surface area contributed by atoms with Gasteiger partial charge < -0.3 is 5.32 Å². The summed E-state index contributed by atoms with van der Waals surface area (Å²) in [5.74, 6) is 1.76. The molecule has 2 aliphatic heterocycles. The normalized spacial score (nSPS) is 35.1. The number of nitrogens with zero attached hydrogens (tertiary/aromatic N) is 1. The largest absolute Gasteiger partial charge is 0.316 e. The fourth-order valence-corrected chi connectivity index (χ4v) is 4.68. The molecule has 3 rings (SSSR count). The highest BCUT2D eigenvalue weighted by molar-refractivity contribution is 7.10. The van der Waals surface area contributed by atoms with Crippen molar-refractivity contribution in [1.29, 1.82) is 0 Å². The van der Waals surface area contributed by atoms with Gasteiger partial charge in [-0.2, -0.15) is 0 Å². The summed E-state index contributed by atoms with van der Waals surface area (Å²) in [6.07, 6.45) is 0. The van der Waals surface area contributed by atoms with Gasteiger partial charge in [0.2, 0.25) is 0 Å². The molecule has 0 amide bonds. The molecule has 2 nitrogen and oxygen atoms in total. The molecule has 0 aromatic carbocycles. The first kappa shape index (κ1) is 11.7. The Labute approximate surface area is 108 Å². The first-order valence-electron chi connectivity index (χ1n) is 6.69. The Morgan fingerprint density at radius 1 is 1.47 bits per heavy atom. The SMILES string of the molecule is Cc1ccsc1C(C)N1CC2CNCC2C1C. The Morgan fingerprint density at radius 3 is 2.94 bits per heavy atom. The van der Waals surface area contributed by atoms with E-state index < -0.39 is 0 Å². The summed E-state index contributed by atoms with van der Waals surface area (Å²) in [4.78, 5) is 4.28. The molecule has 3 heteroatoms. The minimum atomic E-state index is 0.593. The predicted octanol–water partition coefficient (Wildman–Crippen LogP) is 2.66. The van der Waals surface area contributed by atoms with Crippen LogP contribution >= 0.6 is 11.3 Å². The van der Waals surface area contributed by atoms with E-state index in [0.29, 0.717) is 6.04 Å². The second-order valence-electron chi connectivity index (χ2n) is 5.66. The fourth-order valence-electron chi connectivity index (χ4n) is 3.67. The average molecular weight is 250 g/mol. The van der Waals surface area contributed by atoms with Crippen LogP contribution < -0.4 is 5.32 Å². The van der Waals surface area contributed by atoms with Crippen molar-refractivity contribution in [3.63, 3.8) is 0 Å². The molecule has 4 atom stereocenters. The van der Waals surface area contributed by atoms with Crippen molar-refractivity contribution >= 4 is 11.3 Å². The third-order valence-electron chi connectivity index (χ3n) is 4.76. The van der Waals surface area contributed by atoms with Gasteiger partial charge in [0, 0.05) is 23.5 Å². The lowest BCUT2D eigenvalue weighted by Gasteiger charge is -2.30. The van der Waals surface area contributed by atoms with Crippen molar-refractivity contribution in [3.05, 3.63) is 21.9 Å². The standard InChI is InChI=1S/C14H22N2S/c1-9-4-5-17-14(9)11(3)16-8-12-6-15-7-13(12)10(16)2/h4-5,10-13,15H,6-8H2,1-3H3. The first-order chi connectivity index (χ1) is 8.18. The summed E-state index contributed by atoms with van der Waals surface area (Å²) in [6.45, 7) is 10.8. The monoisotopic (exact) mass is 250 g/mol. The molecule has 1 aromatic rings. The highest BCUT2D eigenvalue weighted by atomic mass is 32.1. The van der Waals surface area contributed by atoms with Crippen molar-refractivity contribution in [2.75, 3.05) is 19.6 Å². The zero-order valence-electron chi connectivity index (χ0n) is 10.9. The van der Waals surface area contributed by atoms with Gasteiger partial charge in [0.1, 0.15) is 0 Å². The van der Waals surface area contributed by atoms with Crippen LogP contribution in [0.1, 0.15) is 30.3 Å². The minimum Gasteiger partial charge on any atom is -0.316 e. The van der Waals surface area contributed by atoms with Crippen LogP contribution in [0.4, 0.5) is 0 Å². The number of thiophene rings is 1. The van der Waals surface area contributed by atoms with Crippen molar-refractivity contribution in [1.82, 2.24) is 10.2 Å². The second kappa shape index (κ2) is 4.38. The average Bonchev–Trinajstić information content (AvgIpc) is 2.96. The first-order valence-corrected chi connectivity index (χ1v) is 7.57. The Kier molecular flexibility index (Phi) is 3.01. The molecular formula is C14H22N2S. The van der Waals surface area contributed by atoms with Crippen LogP contribution in [0.3, 0.4) is 0 Å². The number of hydrogen-bond donors (Lipinski definition) is 1. The molecule has 0 saturated carbocycles. The Hall–Kier alpha value is -0.380. The maximum absolute atomic E-state index is 3.54. The summed E-state index contributed by atoms with van der Waals surface area (Å²) in [5, 5.41) is 5.76. The highest BCUT2D eigenvalue weighted by Gasteiger charge is 2.43. The quantitative estimate of drug-likeness (QED) is 0.868. The molecule has 3 heterocycles. The number of hydrogen-bond acceptors (Lipinski definition) is 3. The molecule has 2 saturated heterocycles. The maximum Gasteiger partial charge on any atom is 0.0419 e. The number of rotatable bonds is 2. The van der Waals surface area contributed by atoms with Gasteiger partial charge in [-0.3, -0.25) is 4.90 Å². The van der Waals surface area contributed by atoms with E-state index in [9.17, 15) is 0 Å². The van der Waals surface area contributed by atoms with Gasteiger partial charge in [0.25, 0.3) is 0 Å². The third kappa shape index (κ3) is 1.85. The number of nitrogens with one attached hydrogen (secondary N) is 1. The molecule has 0 radical (unpaired) electrons. The Bertz CT molecular complexity index is 401. The van der Waals surface area contributed by atoms with E-state index in [-0.39, 0.29) is 0 Å². The van der Waals surface area contributed by atoms with Crippen LogP contribution in [0.15, 0.2) is 11.4 Å². The van der Waals surface area contributed by atoms with Crippen LogP contribution in [-0.4, -0.2) is 30.6 Å². The zero-order chi connectivity index (χ0) is 12.0. The summed E-state index contributed by atoms with van der Waals surface area (Å²) in [5.41, 5.74) is 1.46. The Morgan fingerprint density at radius 2 is 2.29 bits per heavy atom. The van der Waals surface area contributed by atoms with E-state index in [1.807, 2.05) is 11.3 Å². The van der Waals surface area contributed by atoms with Gasteiger partial charge >= 0.3 is 0 Å². The minimum absolute atomic E-state index is 0.593. The molecule has 2 aliphatic rings. The highest BCUT2D eigenvalue weighted by Crippen LogP contribution is 2.39. The van der Waals surface area contributed by atoms with E-state index in [0.717, 1.165) is 17.9 Å². The topological polar surface area (TPSA) is 15.3 Å². The molecule has 2 fully saturated rings. The molecule has 1 N–H and O–H groups in total. The second-order valence-corrected chi connectivity index (χ2v) is 6.61. The number of fused-ring (bicyclic) bond motifs is 1. The van der Waals surface area contributed by atoms with Crippen molar-refractivity contribution < 1.29 is 0 Å². The van der Waals surface area contributed by atoms with E-state index >= 15 is 0 Å². The number of aryl methyl sites for hydroxylation is 1. The molecule has 0 aliphatic carbocycles. The smallest absolute Gasteiger partial charge is 0.0419 e. The summed E-state index contributed by atoms with van der Waals surface area (Å²) >= 11 is 1.92. The van der Waals surface area contributed by atoms with Gasteiger partial charge in [-0.25, -0.2) is 0 Å². The lowest BCUT2D eigenvalue weighted by Crippen LogP contribution is -2.35. The Balaban J connectivity index is 1.79. The van der Waals surface area contributed by atoms with Crippen molar-refractivity contribution in [3.8, 4) is 0 Å². The summed E-state index contributed by atoms with van der Waals surface area (Å²) in [7, 11) is 0. The van der Waals surface area contributed by atoms with Crippen LogP contribution in [0.25, 0.3) is 0 Å². The molecule has 94 valence electrons. The van der Waals surface area contributed by atoms with Crippen LogP contribution in [0.5, 0.6) is 0 Å². The predicted molar refractivity (Wildman–Crippen MR) is 73.5 cm³/mol. The lowest BCUT2D eigenvalue weighted by atomic mass is 9.95. The van der Waals surface area contributed by atoms with E-state index in [2.05, 4.69) is 42.4 Å². The molecule has 4 unspecified atom stereocenters. The lowest BCUT2D eigenvalue weighted by molar-refractivity contribution is 0.184. The molecule has 0 spiro atoms. The summed E-state index contributed by atoms with van der Waals surface area (Å²) < 4.78 is 0. The van der Waals surface area contributed by atoms with E-state index in [1.165, 1.54) is 25.2 Å². The fraction of sp³-hybridized carbons (Fsp3) is 0.714. The van der Waals surface area contributed by atoms with Crippen molar-refractivity contribution in [2.45, 2.75) is 32.9 Å². The van der Waals surface area contributed by atoms with E-state index in [1.54, 1.807) is 4.88 Å². The van der Waals surface area contributed by atoms with Crippen LogP contribution in [0, 0.1) is 18.8 Å². The molecule has 0 bridgehead atoms. The molecular weight excluding hydrogens is 228 g/mol. The van der Waals surface area contributed by atoms with Gasteiger partial charge in [-0.05, 0) is 62.7 Å². The zero-order valence-corrected chi connectivity index (χ0v) is 11.8. The van der Waals surface area contributed by atoms with Crippen LogP contribution in [0.2, 0.25) is 0 Å².